The Morgan fingerprint density at radius 1 is 1.28 bits per heavy atom. The molecule has 2 rings (SSSR count). The fourth-order valence-electron chi connectivity index (χ4n) is 1.51. The van der Waals surface area contributed by atoms with E-state index in [1.165, 1.54) is 12.4 Å². The molecule has 0 radical (unpaired) electrons. The lowest BCUT2D eigenvalue weighted by molar-refractivity contribution is 0.102. The van der Waals surface area contributed by atoms with Crippen molar-refractivity contribution in [1.29, 1.82) is 0 Å². The molecule has 1 amide bonds. The van der Waals surface area contributed by atoms with Gasteiger partial charge in [0.05, 0.1) is 12.4 Å². The quantitative estimate of drug-likeness (QED) is 0.835. The summed E-state index contributed by atoms with van der Waals surface area (Å²) >= 11 is 3.17. The minimum atomic E-state index is -0.262. The second-order valence-electron chi connectivity index (χ2n) is 3.81. The largest absolute Gasteiger partial charge is 0.399 e. The molecule has 0 atom stereocenters. The maximum Gasteiger partial charge on any atom is 0.256 e. The summed E-state index contributed by atoms with van der Waals surface area (Å²) in [6.07, 6.45) is 2.99. The second kappa shape index (κ2) is 5.14. The summed E-state index contributed by atoms with van der Waals surface area (Å²) in [6, 6.07) is 5.18. The van der Waals surface area contributed by atoms with Gasteiger partial charge in [-0.3, -0.25) is 4.79 Å². The van der Waals surface area contributed by atoms with Crippen molar-refractivity contribution < 1.29 is 4.79 Å². The van der Waals surface area contributed by atoms with E-state index in [9.17, 15) is 4.79 Å². The number of carbonyl (C=O) groups is 1. The van der Waals surface area contributed by atoms with Gasteiger partial charge in [0, 0.05) is 11.3 Å². The minimum absolute atomic E-state index is 0.262. The molecule has 5 nitrogen and oxygen atoms in total. The van der Waals surface area contributed by atoms with Crippen LogP contribution in [-0.4, -0.2) is 15.9 Å². The Hall–Kier alpha value is -1.95. The van der Waals surface area contributed by atoms with Gasteiger partial charge in [-0.2, -0.15) is 0 Å². The Bertz CT molecular complexity index is 563. The predicted octanol–water partition coefficient (Wildman–Crippen LogP) is 2.38. The van der Waals surface area contributed by atoms with Crippen LogP contribution >= 0.6 is 15.9 Å². The van der Waals surface area contributed by atoms with Gasteiger partial charge in [0.2, 0.25) is 0 Å². The summed E-state index contributed by atoms with van der Waals surface area (Å²) < 4.78 is 0.611. The van der Waals surface area contributed by atoms with E-state index >= 15 is 0 Å². The maximum absolute atomic E-state index is 12.0. The first-order valence-electron chi connectivity index (χ1n) is 5.20. The summed E-state index contributed by atoms with van der Waals surface area (Å²) in [6.45, 7) is 1.88. The number of nitrogens with two attached hydrogens (primary N) is 1. The smallest absolute Gasteiger partial charge is 0.256 e. The third kappa shape index (κ3) is 3.04. The minimum Gasteiger partial charge on any atom is -0.399 e. The normalized spacial score (nSPS) is 10.1. The number of halogens is 1. The fourth-order valence-corrected chi connectivity index (χ4v) is 1.71. The zero-order valence-electron chi connectivity index (χ0n) is 9.64. The van der Waals surface area contributed by atoms with Crippen molar-refractivity contribution in [2.24, 2.45) is 0 Å². The number of nitrogens with zero attached hydrogens (tertiary/aromatic N) is 2. The van der Waals surface area contributed by atoms with Gasteiger partial charge in [-0.05, 0) is 46.6 Å². The molecular weight excluding hydrogens is 296 g/mol. The van der Waals surface area contributed by atoms with Crippen LogP contribution in [0, 0.1) is 6.92 Å². The van der Waals surface area contributed by atoms with E-state index in [2.05, 4.69) is 31.2 Å². The SMILES string of the molecule is Cc1cc(N)cc(C(=O)Nc2cnc(Br)cn2)c1. The molecule has 92 valence electrons. The highest BCUT2D eigenvalue weighted by molar-refractivity contribution is 9.10. The van der Waals surface area contributed by atoms with Gasteiger partial charge in [0.25, 0.3) is 5.91 Å². The lowest BCUT2D eigenvalue weighted by atomic mass is 10.1. The number of aryl methyl sites for hydroxylation is 1. The van der Waals surface area contributed by atoms with Crippen LogP contribution in [0.1, 0.15) is 15.9 Å². The number of nitrogens with one attached hydrogen (secondary N) is 1. The molecule has 1 heterocycles. The van der Waals surface area contributed by atoms with Crippen molar-refractivity contribution in [1.82, 2.24) is 9.97 Å². The van der Waals surface area contributed by atoms with Gasteiger partial charge in [-0.25, -0.2) is 9.97 Å². The number of amides is 1. The molecule has 0 aliphatic heterocycles. The fraction of sp³-hybridized carbons (Fsp3) is 0.0833. The highest BCUT2D eigenvalue weighted by Crippen LogP contribution is 2.13. The Labute approximate surface area is 113 Å². The van der Waals surface area contributed by atoms with Crippen LogP contribution in [0.4, 0.5) is 11.5 Å². The highest BCUT2D eigenvalue weighted by atomic mass is 79.9. The van der Waals surface area contributed by atoms with Gasteiger partial charge in [0.1, 0.15) is 4.60 Å². The molecule has 1 aromatic heterocycles. The summed E-state index contributed by atoms with van der Waals surface area (Å²) in [5.41, 5.74) is 7.68. The van der Waals surface area contributed by atoms with Crippen LogP contribution in [-0.2, 0) is 0 Å². The van der Waals surface area contributed by atoms with Gasteiger partial charge < -0.3 is 11.1 Å². The Morgan fingerprint density at radius 3 is 2.67 bits per heavy atom. The van der Waals surface area contributed by atoms with E-state index in [0.29, 0.717) is 21.7 Å². The van der Waals surface area contributed by atoms with Crippen molar-refractivity contribution >= 4 is 33.3 Å². The van der Waals surface area contributed by atoms with Crippen molar-refractivity contribution in [3.8, 4) is 0 Å². The average Bonchev–Trinajstić information content (AvgIpc) is 2.31. The van der Waals surface area contributed by atoms with Crippen molar-refractivity contribution in [2.45, 2.75) is 6.92 Å². The van der Waals surface area contributed by atoms with Gasteiger partial charge in [-0.15, -0.1) is 0 Å². The third-order valence-corrected chi connectivity index (χ3v) is 2.63. The molecule has 0 bridgehead atoms. The maximum atomic E-state index is 12.0. The standard InChI is InChI=1S/C12H11BrN4O/c1-7-2-8(4-9(14)3-7)12(18)17-11-6-15-10(13)5-16-11/h2-6H,14H2,1H3,(H,16,17,18). The second-order valence-corrected chi connectivity index (χ2v) is 4.62. The molecule has 0 aliphatic carbocycles. The lowest BCUT2D eigenvalue weighted by Gasteiger charge is -2.06. The number of nitrogen functional groups attached to an aromatic ring is 1. The number of hydrogen-bond acceptors (Lipinski definition) is 4. The molecule has 0 spiro atoms. The molecule has 0 fully saturated rings. The summed E-state index contributed by atoms with van der Waals surface area (Å²) in [5.74, 6) is 0.130. The summed E-state index contributed by atoms with van der Waals surface area (Å²) in [5, 5.41) is 2.65. The lowest BCUT2D eigenvalue weighted by Crippen LogP contribution is -2.13. The average molecular weight is 307 g/mol. The molecule has 6 heteroatoms. The summed E-state index contributed by atoms with van der Waals surface area (Å²) in [7, 11) is 0. The molecule has 3 N–H and O–H groups in total. The third-order valence-electron chi connectivity index (χ3n) is 2.22. The van der Waals surface area contributed by atoms with Gasteiger partial charge in [0.15, 0.2) is 5.82 Å². The monoisotopic (exact) mass is 306 g/mol. The van der Waals surface area contributed by atoms with E-state index in [1.54, 1.807) is 18.2 Å². The zero-order valence-corrected chi connectivity index (χ0v) is 11.2. The number of anilines is 2. The predicted molar refractivity (Wildman–Crippen MR) is 73.3 cm³/mol. The number of rotatable bonds is 2. The van der Waals surface area contributed by atoms with Crippen LogP contribution in [0.3, 0.4) is 0 Å². The first-order valence-corrected chi connectivity index (χ1v) is 6.00. The van der Waals surface area contributed by atoms with Crippen LogP contribution < -0.4 is 11.1 Å². The number of aromatic nitrogens is 2. The van der Waals surface area contributed by atoms with E-state index in [4.69, 9.17) is 5.73 Å². The molecular formula is C12H11BrN4O. The zero-order chi connectivity index (χ0) is 13.1. The van der Waals surface area contributed by atoms with Gasteiger partial charge in [-0.1, -0.05) is 0 Å². The van der Waals surface area contributed by atoms with E-state index in [-0.39, 0.29) is 5.91 Å². The first kappa shape index (κ1) is 12.5. The molecule has 0 saturated heterocycles. The number of carbonyl (C=O) groups excluding carboxylic acids is 1. The Morgan fingerprint density at radius 2 is 2.06 bits per heavy atom. The first-order chi connectivity index (χ1) is 8.54. The molecule has 18 heavy (non-hydrogen) atoms. The van der Waals surface area contributed by atoms with E-state index in [1.807, 2.05) is 6.92 Å². The van der Waals surface area contributed by atoms with Crippen molar-refractivity contribution in [3.63, 3.8) is 0 Å². The van der Waals surface area contributed by atoms with Crippen LogP contribution in [0.2, 0.25) is 0 Å². The van der Waals surface area contributed by atoms with Gasteiger partial charge >= 0.3 is 0 Å². The highest BCUT2D eigenvalue weighted by Gasteiger charge is 2.08. The molecule has 0 aliphatic rings. The number of benzene rings is 1. The van der Waals surface area contributed by atoms with Crippen LogP contribution in [0.15, 0.2) is 35.2 Å². The van der Waals surface area contributed by atoms with Crippen LogP contribution in [0.5, 0.6) is 0 Å². The molecule has 1 aromatic carbocycles. The van der Waals surface area contributed by atoms with Crippen molar-refractivity contribution in [3.05, 3.63) is 46.3 Å². The Kier molecular flexibility index (Phi) is 3.57. The van der Waals surface area contributed by atoms with Crippen LogP contribution in [0.25, 0.3) is 0 Å². The topological polar surface area (TPSA) is 80.9 Å². The van der Waals surface area contributed by atoms with Crippen molar-refractivity contribution in [2.75, 3.05) is 11.1 Å². The molecule has 0 saturated carbocycles. The summed E-state index contributed by atoms with van der Waals surface area (Å²) in [4.78, 5) is 19.9. The molecule has 2 aromatic rings. The number of hydrogen-bond donors (Lipinski definition) is 2. The van der Waals surface area contributed by atoms with E-state index < -0.39 is 0 Å². The molecule has 0 unspecified atom stereocenters. The Balaban J connectivity index is 2.19. The van der Waals surface area contributed by atoms with E-state index in [0.717, 1.165) is 5.56 Å².